The lowest BCUT2D eigenvalue weighted by molar-refractivity contribution is -0.148. The molecule has 168 valence electrons. The Labute approximate surface area is 191 Å². The topological polar surface area (TPSA) is 85.6 Å². The third-order valence-corrected chi connectivity index (χ3v) is 5.61. The van der Waals surface area contributed by atoms with E-state index >= 15 is 0 Å². The largest absolute Gasteiger partial charge is 0.459 e. The Balaban J connectivity index is 1.58. The molecule has 6 nitrogen and oxygen atoms in total. The third kappa shape index (κ3) is 4.80. The van der Waals surface area contributed by atoms with Crippen molar-refractivity contribution in [2.45, 2.75) is 33.4 Å². The second-order valence-corrected chi connectivity index (χ2v) is 8.42. The van der Waals surface area contributed by atoms with Gasteiger partial charge < -0.3 is 14.5 Å². The number of hydrogen-bond acceptors (Lipinski definition) is 5. The van der Waals surface area contributed by atoms with Gasteiger partial charge >= 0.3 is 11.6 Å². The van der Waals surface area contributed by atoms with Crippen LogP contribution in [0.5, 0.6) is 0 Å². The van der Waals surface area contributed by atoms with Crippen molar-refractivity contribution >= 4 is 33.6 Å². The van der Waals surface area contributed by atoms with Crippen LogP contribution in [-0.2, 0) is 16.1 Å². The minimum Gasteiger partial charge on any atom is -0.459 e. The molecule has 1 aromatic heterocycles. The van der Waals surface area contributed by atoms with E-state index in [4.69, 9.17) is 9.15 Å². The summed E-state index contributed by atoms with van der Waals surface area (Å²) in [6.45, 7) is 5.49. The minimum atomic E-state index is -0.832. The highest BCUT2D eigenvalue weighted by atomic mass is 16.5. The summed E-state index contributed by atoms with van der Waals surface area (Å²) in [6.07, 6.45) is 0. The van der Waals surface area contributed by atoms with Crippen molar-refractivity contribution in [2.75, 3.05) is 0 Å². The number of nitrogens with one attached hydrogen (secondary N) is 1. The smallest absolute Gasteiger partial charge is 0.336 e. The van der Waals surface area contributed by atoms with E-state index in [2.05, 4.69) is 5.32 Å². The van der Waals surface area contributed by atoms with Crippen molar-refractivity contribution in [2.24, 2.45) is 5.92 Å². The van der Waals surface area contributed by atoms with Gasteiger partial charge in [-0.1, -0.05) is 61.9 Å². The molecule has 1 unspecified atom stereocenters. The maximum Gasteiger partial charge on any atom is 0.336 e. The lowest BCUT2D eigenvalue weighted by Crippen LogP contribution is -2.45. The highest BCUT2D eigenvalue weighted by Crippen LogP contribution is 2.28. The fourth-order valence-electron chi connectivity index (χ4n) is 3.80. The molecule has 4 rings (SSSR count). The van der Waals surface area contributed by atoms with Gasteiger partial charge in [-0.05, 0) is 41.8 Å². The monoisotopic (exact) mass is 443 g/mol. The van der Waals surface area contributed by atoms with Gasteiger partial charge in [0.25, 0.3) is 5.91 Å². The molecule has 0 fully saturated rings. The number of carbonyl (C=O) groups is 2. The van der Waals surface area contributed by atoms with E-state index < -0.39 is 17.6 Å². The van der Waals surface area contributed by atoms with Gasteiger partial charge in [-0.15, -0.1) is 0 Å². The van der Waals surface area contributed by atoms with Gasteiger partial charge in [0.2, 0.25) is 0 Å². The van der Waals surface area contributed by atoms with E-state index in [1.54, 1.807) is 18.2 Å². The first-order valence-corrected chi connectivity index (χ1v) is 10.8. The highest BCUT2D eigenvalue weighted by molar-refractivity contribution is 6.07. The molecule has 0 aliphatic heterocycles. The number of amides is 1. The molecule has 1 N–H and O–H groups in total. The predicted octanol–water partition coefficient (Wildman–Crippen LogP) is 4.75. The zero-order chi connectivity index (χ0) is 23.5. The average Bonchev–Trinajstić information content (AvgIpc) is 2.80. The molecule has 0 saturated heterocycles. The van der Waals surface area contributed by atoms with E-state index in [0.717, 1.165) is 21.7 Å². The molecule has 0 bridgehead atoms. The molecule has 0 spiro atoms. The standard InChI is InChI=1S/C27H25NO5/c1-16(2)25(28-26(30)19-10-8-17(3)9-11-19)27(31)32-15-20-14-23(29)33-22-13-12-18-6-4-5-7-21(18)24(20)22/h4-14,16,25H,15H2,1-3H3,(H,28,30). The van der Waals surface area contributed by atoms with Crippen molar-refractivity contribution in [1.29, 1.82) is 0 Å². The van der Waals surface area contributed by atoms with Crippen LogP contribution < -0.4 is 10.9 Å². The maximum atomic E-state index is 12.9. The van der Waals surface area contributed by atoms with Gasteiger partial charge in [0, 0.05) is 22.6 Å². The number of aryl methyl sites for hydroxylation is 1. The zero-order valence-corrected chi connectivity index (χ0v) is 18.8. The summed E-state index contributed by atoms with van der Waals surface area (Å²) in [4.78, 5) is 37.7. The van der Waals surface area contributed by atoms with Crippen LogP contribution in [0, 0.1) is 12.8 Å². The first-order valence-electron chi connectivity index (χ1n) is 10.8. The molecule has 4 aromatic rings. The summed E-state index contributed by atoms with van der Waals surface area (Å²) >= 11 is 0. The maximum absolute atomic E-state index is 12.9. The van der Waals surface area contributed by atoms with E-state index in [1.807, 2.05) is 63.2 Å². The molecule has 1 amide bonds. The molecular weight excluding hydrogens is 418 g/mol. The zero-order valence-electron chi connectivity index (χ0n) is 18.8. The Hall–Kier alpha value is -3.93. The normalized spacial score (nSPS) is 12.1. The molecule has 0 radical (unpaired) electrons. The number of rotatable bonds is 6. The SMILES string of the molecule is Cc1ccc(C(=O)NC(C(=O)OCc2cc(=O)oc3ccc4ccccc4c23)C(C)C)cc1. The van der Waals surface area contributed by atoms with Gasteiger partial charge in [-0.25, -0.2) is 9.59 Å². The van der Waals surface area contributed by atoms with Crippen molar-refractivity contribution < 1.29 is 18.7 Å². The van der Waals surface area contributed by atoms with Crippen LogP contribution >= 0.6 is 0 Å². The summed E-state index contributed by atoms with van der Waals surface area (Å²) in [5.74, 6) is -1.10. The molecule has 0 saturated carbocycles. The summed E-state index contributed by atoms with van der Waals surface area (Å²) in [6, 6.07) is 19.0. The van der Waals surface area contributed by atoms with Crippen LogP contribution in [0.25, 0.3) is 21.7 Å². The lowest BCUT2D eigenvalue weighted by atomic mass is 10.0. The number of hydrogen-bond donors (Lipinski definition) is 1. The molecule has 6 heteroatoms. The summed E-state index contributed by atoms with van der Waals surface area (Å²) in [5.41, 5.74) is 1.98. The summed E-state index contributed by atoms with van der Waals surface area (Å²) in [5, 5.41) is 5.38. The van der Waals surface area contributed by atoms with Gasteiger partial charge in [-0.2, -0.15) is 0 Å². The number of benzene rings is 3. The lowest BCUT2D eigenvalue weighted by Gasteiger charge is -2.21. The van der Waals surface area contributed by atoms with E-state index in [9.17, 15) is 14.4 Å². The highest BCUT2D eigenvalue weighted by Gasteiger charge is 2.26. The molecule has 1 heterocycles. The van der Waals surface area contributed by atoms with Crippen molar-refractivity contribution in [3.05, 3.63) is 93.8 Å². The van der Waals surface area contributed by atoms with Crippen molar-refractivity contribution in [1.82, 2.24) is 5.32 Å². The van der Waals surface area contributed by atoms with Crippen LogP contribution in [-0.4, -0.2) is 17.9 Å². The number of fused-ring (bicyclic) bond motifs is 3. The van der Waals surface area contributed by atoms with Gasteiger partial charge in [-0.3, -0.25) is 4.79 Å². The quantitative estimate of drug-likeness (QED) is 0.264. The van der Waals surface area contributed by atoms with E-state index in [-0.39, 0.29) is 18.4 Å². The molecular formula is C27H25NO5. The van der Waals surface area contributed by atoms with Gasteiger partial charge in [0.1, 0.15) is 18.2 Å². The van der Waals surface area contributed by atoms with Gasteiger partial charge in [0.15, 0.2) is 0 Å². The second kappa shape index (κ2) is 9.28. The number of esters is 1. The van der Waals surface area contributed by atoms with E-state index in [1.165, 1.54) is 6.07 Å². The number of ether oxygens (including phenoxy) is 1. The Bertz CT molecular complexity index is 1390. The fourth-order valence-corrected chi connectivity index (χ4v) is 3.80. The second-order valence-electron chi connectivity index (χ2n) is 8.42. The summed E-state index contributed by atoms with van der Waals surface area (Å²) in [7, 11) is 0. The average molecular weight is 443 g/mol. The molecule has 0 aliphatic rings. The van der Waals surface area contributed by atoms with E-state index in [0.29, 0.717) is 16.7 Å². The van der Waals surface area contributed by atoms with Crippen molar-refractivity contribution in [3.63, 3.8) is 0 Å². The molecule has 33 heavy (non-hydrogen) atoms. The third-order valence-electron chi connectivity index (χ3n) is 5.61. The van der Waals surface area contributed by atoms with Crippen LogP contribution in [0.15, 0.2) is 75.9 Å². The van der Waals surface area contributed by atoms with Gasteiger partial charge in [0.05, 0.1) is 0 Å². The Morgan fingerprint density at radius 2 is 1.73 bits per heavy atom. The Kier molecular flexibility index (Phi) is 6.27. The van der Waals surface area contributed by atoms with Crippen LogP contribution in [0.2, 0.25) is 0 Å². The minimum absolute atomic E-state index is 0.113. The molecule has 3 aromatic carbocycles. The Morgan fingerprint density at radius 1 is 1.00 bits per heavy atom. The fraction of sp³-hybridized carbons (Fsp3) is 0.222. The molecule has 1 atom stereocenters. The molecule has 0 aliphatic carbocycles. The first kappa shape index (κ1) is 22.3. The number of carbonyl (C=O) groups excluding carboxylic acids is 2. The summed E-state index contributed by atoms with van der Waals surface area (Å²) < 4.78 is 10.9. The first-order chi connectivity index (χ1) is 15.8. The van der Waals surface area contributed by atoms with Crippen molar-refractivity contribution in [3.8, 4) is 0 Å². The van der Waals surface area contributed by atoms with Crippen LogP contribution in [0.3, 0.4) is 0 Å². The predicted molar refractivity (Wildman–Crippen MR) is 127 cm³/mol. The van der Waals surface area contributed by atoms with Crippen LogP contribution in [0.1, 0.15) is 35.3 Å². The van der Waals surface area contributed by atoms with Crippen LogP contribution in [0.4, 0.5) is 0 Å². The Morgan fingerprint density at radius 3 is 2.45 bits per heavy atom.